The maximum absolute atomic E-state index is 6.70. The van der Waals surface area contributed by atoms with E-state index in [2.05, 4.69) is 62.1 Å². The Kier molecular flexibility index (Phi) is 6.78. The Morgan fingerprint density at radius 2 is 1.31 bits per heavy atom. The maximum atomic E-state index is 6.70. The predicted octanol–water partition coefficient (Wildman–Crippen LogP) is 4.72. The molecule has 0 spiro atoms. The number of aryl methyl sites for hydroxylation is 3. The highest BCUT2D eigenvalue weighted by molar-refractivity contribution is 5.40. The molecule has 0 radical (unpaired) electrons. The van der Waals surface area contributed by atoms with Gasteiger partial charge in [-0.3, -0.25) is 14.9 Å². The second kappa shape index (κ2) is 9.29. The van der Waals surface area contributed by atoms with Crippen molar-refractivity contribution in [1.82, 2.24) is 14.9 Å². The monoisotopic (exact) mass is 388 g/mol. The van der Waals surface area contributed by atoms with Crippen molar-refractivity contribution in [1.29, 1.82) is 0 Å². The lowest BCUT2D eigenvalue weighted by Crippen LogP contribution is -2.32. The van der Waals surface area contributed by atoms with Crippen molar-refractivity contribution in [3.05, 3.63) is 93.6 Å². The fourth-order valence-corrected chi connectivity index (χ4v) is 3.77. The lowest BCUT2D eigenvalue weighted by atomic mass is 9.94. The molecule has 2 aromatic heterocycles. The first-order valence-corrected chi connectivity index (χ1v) is 10.2. The number of aromatic nitrogens is 2. The van der Waals surface area contributed by atoms with Crippen LogP contribution in [0.2, 0.25) is 0 Å². The molecule has 0 fully saturated rings. The van der Waals surface area contributed by atoms with Gasteiger partial charge in [-0.1, -0.05) is 24.3 Å². The summed E-state index contributed by atoms with van der Waals surface area (Å²) in [4.78, 5) is 11.7. The van der Waals surface area contributed by atoms with Crippen molar-refractivity contribution < 1.29 is 0 Å². The van der Waals surface area contributed by atoms with Crippen LogP contribution < -0.4 is 5.73 Å². The Balaban J connectivity index is 1.84. The first kappa shape index (κ1) is 21.2. The van der Waals surface area contributed by atoms with Gasteiger partial charge in [0.1, 0.15) is 0 Å². The zero-order chi connectivity index (χ0) is 21.0. The van der Waals surface area contributed by atoms with Gasteiger partial charge in [0.05, 0.1) is 11.4 Å². The van der Waals surface area contributed by atoms with Crippen LogP contribution >= 0.6 is 0 Å². The normalized spacial score (nSPS) is 12.4. The summed E-state index contributed by atoms with van der Waals surface area (Å²) in [6.07, 6.45) is 0. The average molecular weight is 389 g/mol. The fourth-order valence-electron chi connectivity index (χ4n) is 3.77. The molecule has 0 aliphatic heterocycles. The van der Waals surface area contributed by atoms with Gasteiger partial charge < -0.3 is 5.73 Å². The van der Waals surface area contributed by atoms with E-state index in [0.29, 0.717) is 0 Å². The standard InChI is InChI=1S/C25H32N4/c1-17-12-13-24(21(5)20(17)4)25(26)16-29(14-22-10-6-8-18(2)27-22)15-23-11-7-9-19(3)28-23/h6-13,25H,14-16,26H2,1-5H3. The lowest BCUT2D eigenvalue weighted by molar-refractivity contribution is 0.235. The van der Waals surface area contributed by atoms with E-state index in [-0.39, 0.29) is 6.04 Å². The molecule has 29 heavy (non-hydrogen) atoms. The second-order valence-electron chi connectivity index (χ2n) is 8.04. The molecule has 0 saturated carbocycles. The summed E-state index contributed by atoms with van der Waals surface area (Å²) in [7, 11) is 0. The van der Waals surface area contributed by atoms with E-state index in [1.165, 1.54) is 22.3 Å². The quantitative estimate of drug-likeness (QED) is 0.636. The summed E-state index contributed by atoms with van der Waals surface area (Å²) in [5.41, 5.74) is 16.0. The molecule has 2 N–H and O–H groups in total. The molecule has 1 atom stereocenters. The van der Waals surface area contributed by atoms with Crippen LogP contribution in [0.5, 0.6) is 0 Å². The number of nitrogens with zero attached hydrogens (tertiary/aromatic N) is 3. The molecule has 4 heteroatoms. The van der Waals surface area contributed by atoms with Crippen molar-refractivity contribution in [2.24, 2.45) is 5.73 Å². The van der Waals surface area contributed by atoms with Crippen LogP contribution in [0, 0.1) is 34.6 Å². The van der Waals surface area contributed by atoms with Crippen molar-refractivity contribution in [2.75, 3.05) is 6.54 Å². The molecule has 3 rings (SSSR count). The highest BCUT2D eigenvalue weighted by Gasteiger charge is 2.17. The topological polar surface area (TPSA) is 55.0 Å². The molecule has 1 aromatic carbocycles. The zero-order valence-electron chi connectivity index (χ0n) is 18.2. The Bertz CT molecular complexity index is 933. The zero-order valence-corrected chi connectivity index (χ0v) is 18.2. The minimum absolute atomic E-state index is 0.0658. The van der Waals surface area contributed by atoms with Gasteiger partial charge in [0.15, 0.2) is 0 Å². The van der Waals surface area contributed by atoms with Crippen molar-refractivity contribution >= 4 is 0 Å². The summed E-state index contributed by atoms with van der Waals surface area (Å²) in [5, 5.41) is 0. The van der Waals surface area contributed by atoms with Gasteiger partial charge in [-0.25, -0.2) is 0 Å². The molecule has 0 bridgehead atoms. The fraction of sp³-hybridized carbons (Fsp3) is 0.360. The van der Waals surface area contributed by atoms with Gasteiger partial charge in [0.2, 0.25) is 0 Å². The first-order chi connectivity index (χ1) is 13.8. The second-order valence-corrected chi connectivity index (χ2v) is 8.04. The molecule has 0 saturated heterocycles. The molecule has 4 nitrogen and oxygen atoms in total. The van der Waals surface area contributed by atoms with E-state index in [9.17, 15) is 0 Å². The number of hydrogen-bond acceptors (Lipinski definition) is 4. The SMILES string of the molecule is Cc1cccc(CN(Cc2cccc(C)n2)CC(N)c2ccc(C)c(C)c2C)n1. The minimum Gasteiger partial charge on any atom is -0.323 e. The van der Waals surface area contributed by atoms with Crippen LogP contribution in [0.15, 0.2) is 48.5 Å². The van der Waals surface area contributed by atoms with Crippen molar-refractivity contribution in [3.63, 3.8) is 0 Å². The van der Waals surface area contributed by atoms with E-state index in [4.69, 9.17) is 15.7 Å². The number of pyridine rings is 2. The van der Waals surface area contributed by atoms with Gasteiger partial charge >= 0.3 is 0 Å². The molecular weight excluding hydrogens is 356 g/mol. The highest BCUT2D eigenvalue weighted by atomic mass is 15.1. The van der Waals surface area contributed by atoms with Gasteiger partial charge in [-0.05, 0) is 81.1 Å². The third kappa shape index (κ3) is 5.49. The smallest absolute Gasteiger partial charge is 0.0547 e. The molecular formula is C25H32N4. The van der Waals surface area contributed by atoms with Crippen LogP contribution in [0.1, 0.15) is 51.1 Å². The number of hydrogen-bond donors (Lipinski definition) is 1. The molecule has 0 aliphatic rings. The summed E-state index contributed by atoms with van der Waals surface area (Å²) >= 11 is 0. The molecule has 152 valence electrons. The van der Waals surface area contributed by atoms with Gasteiger partial charge in [-0.2, -0.15) is 0 Å². The molecule has 1 unspecified atom stereocenters. The third-order valence-corrected chi connectivity index (χ3v) is 5.62. The van der Waals surface area contributed by atoms with Crippen LogP contribution in [0.3, 0.4) is 0 Å². The molecule has 0 amide bonds. The number of benzene rings is 1. The maximum Gasteiger partial charge on any atom is 0.0547 e. The predicted molar refractivity (Wildman–Crippen MR) is 120 cm³/mol. The summed E-state index contributed by atoms with van der Waals surface area (Å²) in [5.74, 6) is 0. The molecule has 2 heterocycles. The largest absolute Gasteiger partial charge is 0.323 e. The van der Waals surface area contributed by atoms with E-state index in [1.807, 2.05) is 26.0 Å². The Labute approximate surface area is 174 Å². The van der Waals surface area contributed by atoms with Crippen LogP contribution in [0.4, 0.5) is 0 Å². The van der Waals surface area contributed by atoms with Crippen molar-refractivity contribution in [2.45, 2.75) is 53.8 Å². The third-order valence-electron chi connectivity index (χ3n) is 5.62. The summed E-state index contributed by atoms with van der Waals surface area (Å²) < 4.78 is 0. The Morgan fingerprint density at radius 3 is 1.83 bits per heavy atom. The summed E-state index contributed by atoms with van der Waals surface area (Å²) in [6, 6.07) is 16.6. The molecule has 0 aliphatic carbocycles. The first-order valence-electron chi connectivity index (χ1n) is 10.2. The summed E-state index contributed by atoms with van der Waals surface area (Å²) in [6.45, 7) is 12.8. The average Bonchev–Trinajstić information content (AvgIpc) is 2.66. The van der Waals surface area contributed by atoms with Gasteiger partial charge in [0.25, 0.3) is 0 Å². The molecule has 3 aromatic rings. The van der Waals surface area contributed by atoms with E-state index in [0.717, 1.165) is 42.4 Å². The van der Waals surface area contributed by atoms with Crippen LogP contribution in [0.25, 0.3) is 0 Å². The van der Waals surface area contributed by atoms with Crippen molar-refractivity contribution in [3.8, 4) is 0 Å². The Hall–Kier alpha value is -2.56. The highest BCUT2D eigenvalue weighted by Crippen LogP contribution is 2.23. The lowest BCUT2D eigenvalue weighted by Gasteiger charge is -2.27. The number of nitrogens with two attached hydrogens (primary N) is 1. The van der Waals surface area contributed by atoms with E-state index in [1.54, 1.807) is 0 Å². The minimum atomic E-state index is -0.0658. The van der Waals surface area contributed by atoms with Crippen LogP contribution in [-0.4, -0.2) is 21.4 Å². The number of rotatable bonds is 7. The Morgan fingerprint density at radius 1 is 0.759 bits per heavy atom. The van der Waals surface area contributed by atoms with E-state index < -0.39 is 0 Å². The van der Waals surface area contributed by atoms with Crippen LogP contribution in [-0.2, 0) is 13.1 Å². The van der Waals surface area contributed by atoms with Gasteiger partial charge in [-0.15, -0.1) is 0 Å². The van der Waals surface area contributed by atoms with Gasteiger partial charge in [0, 0.05) is 37.1 Å². The van der Waals surface area contributed by atoms with E-state index >= 15 is 0 Å².